The highest BCUT2D eigenvalue weighted by Crippen LogP contribution is 2.15. The molecule has 1 heterocycles. The molecule has 1 amide bonds. The molecular formula is C13H22N2O3. The van der Waals surface area contributed by atoms with Gasteiger partial charge < -0.3 is 14.9 Å². The lowest BCUT2D eigenvalue weighted by molar-refractivity contribution is 0.0934. The summed E-state index contributed by atoms with van der Waals surface area (Å²) in [6.07, 6.45) is 1.63. The lowest BCUT2D eigenvalue weighted by Crippen LogP contribution is -2.29. The Morgan fingerprint density at radius 3 is 2.78 bits per heavy atom. The smallest absolute Gasteiger partial charge is 0.273 e. The van der Waals surface area contributed by atoms with Crippen LogP contribution in [0.4, 0.5) is 0 Å². The number of carbonyl (C=O) groups excluding carboxylic acids is 1. The highest BCUT2D eigenvalue weighted by molar-refractivity contribution is 5.92. The first-order valence-electron chi connectivity index (χ1n) is 6.44. The van der Waals surface area contributed by atoms with Crippen LogP contribution in [0.1, 0.15) is 55.8 Å². The number of rotatable bonds is 7. The van der Waals surface area contributed by atoms with Gasteiger partial charge in [0.05, 0.1) is 0 Å². The first kappa shape index (κ1) is 14.7. The molecule has 0 aliphatic carbocycles. The number of hydrogen-bond acceptors (Lipinski definition) is 4. The monoisotopic (exact) mass is 254 g/mol. The normalized spacial score (nSPS) is 12.7. The van der Waals surface area contributed by atoms with Crippen LogP contribution in [0.3, 0.4) is 0 Å². The Labute approximate surface area is 108 Å². The van der Waals surface area contributed by atoms with Gasteiger partial charge in [-0.25, -0.2) is 0 Å². The number of aliphatic hydroxyl groups is 1. The summed E-state index contributed by atoms with van der Waals surface area (Å²) in [6.45, 7) is 6.71. The molecule has 5 nitrogen and oxygen atoms in total. The number of nitrogens with zero attached hydrogens (tertiary/aromatic N) is 1. The third kappa shape index (κ3) is 4.14. The van der Waals surface area contributed by atoms with E-state index in [1.54, 1.807) is 6.07 Å². The SMILES string of the molecule is CCC(CCO)CNC(=O)c1cc(C(C)C)on1. The lowest BCUT2D eigenvalue weighted by Gasteiger charge is -2.13. The van der Waals surface area contributed by atoms with Crippen LogP contribution in [-0.4, -0.2) is 29.3 Å². The Bertz CT molecular complexity index is 374. The molecule has 2 N–H and O–H groups in total. The molecule has 0 saturated heterocycles. The van der Waals surface area contributed by atoms with Crippen molar-refractivity contribution in [1.82, 2.24) is 10.5 Å². The zero-order valence-electron chi connectivity index (χ0n) is 11.3. The predicted molar refractivity (Wildman–Crippen MR) is 68.4 cm³/mol. The number of aromatic nitrogens is 1. The number of nitrogens with one attached hydrogen (secondary N) is 1. The van der Waals surface area contributed by atoms with Crippen molar-refractivity contribution in [2.24, 2.45) is 5.92 Å². The van der Waals surface area contributed by atoms with E-state index in [-0.39, 0.29) is 18.4 Å². The van der Waals surface area contributed by atoms with E-state index >= 15 is 0 Å². The van der Waals surface area contributed by atoms with E-state index < -0.39 is 0 Å². The Kier molecular flexibility index (Phi) is 5.85. The number of carbonyl (C=O) groups is 1. The molecule has 102 valence electrons. The second-order valence-corrected chi connectivity index (χ2v) is 4.77. The number of hydrogen-bond donors (Lipinski definition) is 2. The summed E-state index contributed by atoms with van der Waals surface area (Å²) < 4.78 is 5.08. The van der Waals surface area contributed by atoms with Gasteiger partial charge in [-0.2, -0.15) is 0 Å². The van der Waals surface area contributed by atoms with E-state index in [9.17, 15) is 4.79 Å². The van der Waals surface area contributed by atoms with E-state index in [0.29, 0.717) is 30.3 Å². The minimum Gasteiger partial charge on any atom is -0.396 e. The van der Waals surface area contributed by atoms with Gasteiger partial charge in [-0.15, -0.1) is 0 Å². The summed E-state index contributed by atoms with van der Waals surface area (Å²) >= 11 is 0. The molecule has 0 aliphatic rings. The fourth-order valence-corrected chi connectivity index (χ4v) is 1.63. The minimum atomic E-state index is -0.220. The average Bonchev–Trinajstić information content (AvgIpc) is 2.83. The first-order valence-corrected chi connectivity index (χ1v) is 6.44. The van der Waals surface area contributed by atoms with Gasteiger partial charge >= 0.3 is 0 Å². The van der Waals surface area contributed by atoms with Gasteiger partial charge in [-0.3, -0.25) is 4.79 Å². The lowest BCUT2D eigenvalue weighted by atomic mass is 10.0. The number of amides is 1. The van der Waals surface area contributed by atoms with Crippen molar-refractivity contribution in [2.45, 2.75) is 39.5 Å². The summed E-state index contributed by atoms with van der Waals surface area (Å²) in [6, 6.07) is 1.67. The van der Waals surface area contributed by atoms with Crippen LogP contribution in [0.25, 0.3) is 0 Å². The van der Waals surface area contributed by atoms with Crippen molar-refractivity contribution in [1.29, 1.82) is 0 Å². The van der Waals surface area contributed by atoms with Crippen molar-refractivity contribution >= 4 is 5.91 Å². The highest BCUT2D eigenvalue weighted by Gasteiger charge is 2.15. The standard InChI is InChI=1S/C13H22N2O3/c1-4-10(5-6-16)8-14-13(17)11-7-12(9(2)3)18-15-11/h7,9-10,16H,4-6,8H2,1-3H3,(H,14,17). The molecule has 0 saturated carbocycles. The molecule has 1 rings (SSSR count). The molecule has 0 fully saturated rings. The molecule has 0 aromatic carbocycles. The number of aliphatic hydroxyl groups excluding tert-OH is 1. The van der Waals surface area contributed by atoms with E-state index in [1.165, 1.54) is 0 Å². The largest absolute Gasteiger partial charge is 0.396 e. The van der Waals surface area contributed by atoms with Crippen LogP contribution in [0.5, 0.6) is 0 Å². The molecule has 1 aromatic rings. The molecule has 0 aliphatic heterocycles. The fraction of sp³-hybridized carbons (Fsp3) is 0.692. The second kappa shape index (κ2) is 7.16. The van der Waals surface area contributed by atoms with Gasteiger partial charge in [0.2, 0.25) is 0 Å². The van der Waals surface area contributed by atoms with Crippen molar-refractivity contribution in [3.05, 3.63) is 17.5 Å². The molecule has 1 unspecified atom stereocenters. The van der Waals surface area contributed by atoms with Crippen LogP contribution < -0.4 is 5.32 Å². The van der Waals surface area contributed by atoms with E-state index in [1.807, 2.05) is 20.8 Å². The van der Waals surface area contributed by atoms with Crippen LogP contribution >= 0.6 is 0 Å². The Morgan fingerprint density at radius 2 is 2.28 bits per heavy atom. The molecular weight excluding hydrogens is 232 g/mol. The van der Waals surface area contributed by atoms with Crippen LogP contribution in [0.2, 0.25) is 0 Å². The summed E-state index contributed by atoms with van der Waals surface area (Å²) in [5, 5.41) is 15.4. The molecule has 5 heteroatoms. The van der Waals surface area contributed by atoms with Gasteiger partial charge in [-0.1, -0.05) is 32.3 Å². The quantitative estimate of drug-likeness (QED) is 0.779. The summed E-state index contributed by atoms with van der Waals surface area (Å²) in [4.78, 5) is 11.8. The third-order valence-corrected chi connectivity index (χ3v) is 3.00. The molecule has 18 heavy (non-hydrogen) atoms. The van der Waals surface area contributed by atoms with Crippen LogP contribution in [-0.2, 0) is 0 Å². The van der Waals surface area contributed by atoms with Crippen LogP contribution in [0.15, 0.2) is 10.6 Å². The molecule has 0 radical (unpaired) electrons. The zero-order chi connectivity index (χ0) is 13.5. The summed E-state index contributed by atoms with van der Waals surface area (Å²) in [5.74, 6) is 1.01. The van der Waals surface area contributed by atoms with Crippen molar-refractivity contribution in [3.8, 4) is 0 Å². The van der Waals surface area contributed by atoms with Gasteiger partial charge in [0.1, 0.15) is 5.76 Å². The van der Waals surface area contributed by atoms with Crippen molar-refractivity contribution < 1.29 is 14.4 Å². The minimum absolute atomic E-state index is 0.149. The maximum Gasteiger partial charge on any atom is 0.273 e. The first-order chi connectivity index (χ1) is 8.58. The Morgan fingerprint density at radius 1 is 1.56 bits per heavy atom. The fourth-order valence-electron chi connectivity index (χ4n) is 1.63. The molecule has 0 spiro atoms. The van der Waals surface area contributed by atoms with Crippen molar-refractivity contribution in [3.63, 3.8) is 0 Å². The second-order valence-electron chi connectivity index (χ2n) is 4.77. The Hall–Kier alpha value is -1.36. The van der Waals surface area contributed by atoms with Crippen LogP contribution in [0, 0.1) is 5.92 Å². The molecule has 1 aromatic heterocycles. The third-order valence-electron chi connectivity index (χ3n) is 3.00. The van der Waals surface area contributed by atoms with E-state index in [2.05, 4.69) is 10.5 Å². The molecule has 0 bridgehead atoms. The average molecular weight is 254 g/mol. The summed E-state index contributed by atoms with van der Waals surface area (Å²) in [7, 11) is 0. The predicted octanol–water partition coefficient (Wildman–Crippen LogP) is 1.94. The van der Waals surface area contributed by atoms with E-state index in [4.69, 9.17) is 9.63 Å². The maximum atomic E-state index is 11.8. The van der Waals surface area contributed by atoms with Gasteiger partial charge in [0.15, 0.2) is 5.69 Å². The van der Waals surface area contributed by atoms with Gasteiger partial charge in [0, 0.05) is 25.1 Å². The zero-order valence-corrected chi connectivity index (χ0v) is 11.3. The Balaban J connectivity index is 2.49. The van der Waals surface area contributed by atoms with Crippen molar-refractivity contribution in [2.75, 3.05) is 13.2 Å². The van der Waals surface area contributed by atoms with Gasteiger partial charge in [-0.05, 0) is 12.3 Å². The summed E-state index contributed by atoms with van der Waals surface area (Å²) in [5.41, 5.74) is 0.317. The molecule has 1 atom stereocenters. The van der Waals surface area contributed by atoms with E-state index in [0.717, 1.165) is 6.42 Å². The highest BCUT2D eigenvalue weighted by atomic mass is 16.5. The maximum absolute atomic E-state index is 11.8. The topological polar surface area (TPSA) is 75.4 Å². The van der Waals surface area contributed by atoms with Gasteiger partial charge in [0.25, 0.3) is 5.91 Å².